The Morgan fingerprint density at radius 3 is 2.08 bits per heavy atom. The summed E-state index contributed by atoms with van der Waals surface area (Å²) in [5.41, 5.74) is 12.6. The summed E-state index contributed by atoms with van der Waals surface area (Å²) in [4.78, 5) is 64.7. The summed E-state index contributed by atoms with van der Waals surface area (Å²) >= 11 is 0. The number of aromatic amines is 1. The molecule has 1 heterocycles. The van der Waals surface area contributed by atoms with Gasteiger partial charge in [0.05, 0.1) is 13.0 Å². The fourth-order valence-corrected chi connectivity index (χ4v) is 4.01. The van der Waals surface area contributed by atoms with Crippen molar-refractivity contribution in [3.05, 3.63) is 65.9 Å². The molecule has 13 nitrogen and oxygen atoms in total. The number of amides is 4. The van der Waals surface area contributed by atoms with Crippen LogP contribution >= 0.6 is 0 Å². The molecule has 1 aromatic heterocycles. The van der Waals surface area contributed by atoms with Crippen LogP contribution in [0.4, 0.5) is 0 Å². The number of nitrogens with one attached hydrogen (secondary N) is 4. The maximum Gasteiger partial charge on any atom is 0.326 e. The summed E-state index contributed by atoms with van der Waals surface area (Å²) in [7, 11) is 0. The molecule has 3 rings (SSSR count). The number of phenols is 1. The summed E-state index contributed by atoms with van der Waals surface area (Å²) in [5, 5.41) is 27.1. The van der Waals surface area contributed by atoms with Gasteiger partial charge in [0.15, 0.2) is 0 Å². The number of H-pyrrole nitrogens is 1. The molecule has 206 valence electrons. The Labute approximate surface area is 222 Å². The van der Waals surface area contributed by atoms with Gasteiger partial charge in [-0.05, 0) is 29.3 Å². The summed E-state index contributed by atoms with van der Waals surface area (Å²) in [6.07, 6.45) is 0.990. The topological polar surface area (TPSA) is 230 Å². The Kier molecular flexibility index (Phi) is 9.59. The average molecular weight is 539 g/mol. The number of fused-ring (bicyclic) bond motifs is 1. The van der Waals surface area contributed by atoms with E-state index in [2.05, 4.69) is 20.9 Å². The number of benzene rings is 2. The van der Waals surface area contributed by atoms with Crippen molar-refractivity contribution < 1.29 is 34.2 Å². The Bertz CT molecular complexity index is 1350. The van der Waals surface area contributed by atoms with Gasteiger partial charge in [-0.3, -0.25) is 19.2 Å². The predicted octanol–water partition coefficient (Wildman–Crippen LogP) is -0.968. The molecule has 3 unspecified atom stereocenters. The van der Waals surface area contributed by atoms with E-state index in [0.717, 1.165) is 10.9 Å². The molecule has 39 heavy (non-hydrogen) atoms. The molecular weight excluding hydrogens is 508 g/mol. The lowest BCUT2D eigenvalue weighted by Gasteiger charge is -2.24. The van der Waals surface area contributed by atoms with Crippen LogP contribution in [0.5, 0.6) is 5.75 Å². The molecule has 0 saturated heterocycles. The fourth-order valence-electron chi connectivity index (χ4n) is 4.01. The second-order valence-corrected chi connectivity index (χ2v) is 8.89. The van der Waals surface area contributed by atoms with Gasteiger partial charge in [0.1, 0.15) is 23.9 Å². The first-order chi connectivity index (χ1) is 18.6. The van der Waals surface area contributed by atoms with Crippen LogP contribution in [0.2, 0.25) is 0 Å². The first-order valence-corrected chi connectivity index (χ1v) is 12.0. The smallest absolute Gasteiger partial charge is 0.326 e. The lowest BCUT2D eigenvalue weighted by molar-refractivity contribution is -0.143. The molecule has 0 aliphatic carbocycles. The van der Waals surface area contributed by atoms with E-state index in [1.54, 1.807) is 24.4 Å². The van der Waals surface area contributed by atoms with Gasteiger partial charge in [-0.15, -0.1) is 0 Å². The van der Waals surface area contributed by atoms with Crippen molar-refractivity contribution >= 4 is 40.5 Å². The van der Waals surface area contributed by atoms with E-state index in [1.807, 2.05) is 18.2 Å². The number of hydrogen-bond donors (Lipinski definition) is 8. The number of aromatic hydroxyl groups is 1. The van der Waals surface area contributed by atoms with Gasteiger partial charge in [-0.25, -0.2) is 4.79 Å². The lowest BCUT2D eigenvalue weighted by Crippen LogP contribution is -2.57. The minimum atomic E-state index is -1.61. The zero-order valence-corrected chi connectivity index (χ0v) is 20.8. The predicted molar refractivity (Wildman–Crippen MR) is 140 cm³/mol. The first kappa shape index (κ1) is 28.7. The second-order valence-electron chi connectivity index (χ2n) is 8.89. The van der Waals surface area contributed by atoms with Crippen molar-refractivity contribution in [1.82, 2.24) is 20.9 Å². The average Bonchev–Trinajstić information content (AvgIpc) is 3.31. The van der Waals surface area contributed by atoms with Crippen molar-refractivity contribution in [2.24, 2.45) is 11.5 Å². The molecule has 2 aromatic carbocycles. The van der Waals surface area contributed by atoms with Crippen LogP contribution in [0.1, 0.15) is 17.5 Å². The highest BCUT2D eigenvalue weighted by Gasteiger charge is 2.31. The minimum Gasteiger partial charge on any atom is -0.508 e. The van der Waals surface area contributed by atoms with Gasteiger partial charge in [-0.1, -0.05) is 30.3 Å². The van der Waals surface area contributed by atoms with Crippen LogP contribution in [0.3, 0.4) is 0 Å². The van der Waals surface area contributed by atoms with Gasteiger partial charge in [-0.2, -0.15) is 0 Å². The summed E-state index contributed by atoms with van der Waals surface area (Å²) in [6, 6.07) is 9.22. The molecule has 0 saturated carbocycles. The highest BCUT2D eigenvalue weighted by molar-refractivity contribution is 5.95. The number of nitrogens with two attached hydrogens (primary N) is 2. The number of aromatic nitrogens is 1. The number of carbonyl (C=O) groups excluding carboxylic acids is 4. The van der Waals surface area contributed by atoms with Gasteiger partial charge >= 0.3 is 5.97 Å². The normalized spacial score (nSPS) is 13.2. The van der Waals surface area contributed by atoms with E-state index in [1.165, 1.54) is 12.1 Å². The third kappa shape index (κ3) is 8.04. The Morgan fingerprint density at radius 2 is 1.46 bits per heavy atom. The van der Waals surface area contributed by atoms with Crippen molar-refractivity contribution in [3.8, 4) is 5.75 Å². The number of hydrogen-bond acceptors (Lipinski definition) is 7. The number of carboxylic acids is 1. The summed E-state index contributed by atoms with van der Waals surface area (Å²) < 4.78 is 0. The first-order valence-electron chi connectivity index (χ1n) is 12.0. The highest BCUT2D eigenvalue weighted by atomic mass is 16.4. The lowest BCUT2D eigenvalue weighted by atomic mass is 10.0. The largest absolute Gasteiger partial charge is 0.508 e. The van der Waals surface area contributed by atoms with E-state index in [9.17, 15) is 34.2 Å². The van der Waals surface area contributed by atoms with E-state index in [-0.39, 0.29) is 25.1 Å². The monoisotopic (exact) mass is 538 g/mol. The summed E-state index contributed by atoms with van der Waals surface area (Å²) in [6.45, 7) is -0.383. The van der Waals surface area contributed by atoms with Gasteiger partial charge in [0, 0.05) is 29.9 Å². The number of primary amides is 1. The Hall–Kier alpha value is -4.91. The minimum absolute atomic E-state index is 0.0126. The maximum absolute atomic E-state index is 13.4. The van der Waals surface area contributed by atoms with Crippen molar-refractivity contribution in [2.45, 2.75) is 37.4 Å². The summed E-state index contributed by atoms with van der Waals surface area (Å²) in [5.74, 6) is -4.59. The van der Waals surface area contributed by atoms with Crippen LogP contribution in [0.25, 0.3) is 10.9 Å². The molecular formula is C26H30N6O7. The highest BCUT2D eigenvalue weighted by Crippen LogP contribution is 2.19. The number of phenolic OH excluding ortho intramolecular Hbond substituents is 1. The molecule has 4 amide bonds. The SMILES string of the molecule is NCC(=O)NC(Cc1ccc(O)cc1)C(=O)NC(Cc1c[nH]c2ccccc12)C(=O)NC(CC(N)=O)C(=O)O. The molecule has 0 aliphatic heterocycles. The molecule has 0 radical (unpaired) electrons. The molecule has 0 aliphatic rings. The fraction of sp³-hybridized carbons (Fsp3) is 0.269. The molecule has 0 bridgehead atoms. The molecule has 3 aromatic rings. The third-order valence-electron chi connectivity index (χ3n) is 5.97. The van der Waals surface area contributed by atoms with Gasteiger partial charge in [0.2, 0.25) is 23.6 Å². The van der Waals surface area contributed by atoms with E-state index < -0.39 is 54.1 Å². The van der Waals surface area contributed by atoms with E-state index in [4.69, 9.17) is 11.5 Å². The molecule has 3 atom stereocenters. The number of carbonyl (C=O) groups is 5. The molecule has 0 spiro atoms. The Balaban J connectivity index is 1.89. The standard InChI is InChI=1S/C26H30N6O7/c27-12-23(35)30-19(9-14-5-7-16(33)8-6-14)24(36)31-20(25(37)32-21(26(38)39)11-22(28)34)10-15-13-29-18-4-2-1-3-17(15)18/h1-8,13,19-21,29,33H,9-12,27H2,(H2,28,34)(H,30,35)(H,31,36)(H,32,37)(H,38,39). The quantitative estimate of drug-likeness (QED) is 0.135. The Morgan fingerprint density at radius 1 is 0.846 bits per heavy atom. The molecule has 0 fully saturated rings. The number of rotatable bonds is 13. The maximum atomic E-state index is 13.4. The third-order valence-corrected chi connectivity index (χ3v) is 5.97. The van der Waals surface area contributed by atoms with E-state index in [0.29, 0.717) is 11.1 Å². The zero-order valence-electron chi connectivity index (χ0n) is 20.8. The second kappa shape index (κ2) is 13.1. The number of para-hydroxylation sites is 1. The van der Waals surface area contributed by atoms with Crippen LogP contribution in [-0.4, -0.2) is 69.5 Å². The molecule has 13 heteroatoms. The van der Waals surface area contributed by atoms with Crippen LogP contribution in [-0.2, 0) is 36.8 Å². The number of aliphatic carboxylic acids is 1. The number of carboxylic acid groups (broad SMARTS) is 1. The van der Waals surface area contributed by atoms with Crippen molar-refractivity contribution in [1.29, 1.82) is 0 Å². The van der Waals surface area contributed by atoms with Crippen LogP contribution in [0.15, 0.2) is 54.7 Å². The van der Waals surface area contributed by atoms with E-state index >= 15 is 0 Å². The van der Waals surface area contributed by atoms with Gasteiger partial charge in [0.25, 0.3) is 0 Å². The van der Waals surface area contributed by atoms with Crippen LogP contribution < -0.4 is 27.4 Å². The van der Waals surface area contributed by atoms with Crippen molar-refractivity contribution in [2.75, 3.05) is 6.54 Å². The zero-order chi connectivity index (χ0) is 28.5. The van der Waals surface area contributed by atoms with Crippen LogP contribution in [0, 0.1) is 0 Å². The van der Waals surface area contributed by atoms with Gasteiger partial charge < -0.3 is 42.6 Å². The molecule has 10 N–H and O–H groups in total. The van der Waals surface area contributed by atoms with Crippen molar-refractivity contribution in [3.63, 3.8) is 0 Å².